The van der Waals surface area contributed by atoms with Gasteiger partial charge in [0.15, 0.2) is 0 Å². The van der Waals surface area contributed by atoms with Crippen molar-refractivity contribution in [2.45, 2.75) is 27.2 Å². The van der Waals surface area contributed by atoms with Gasteiger partial charge in [0.1, 0.15) is 0 Å². The summed E-state index contributed by atoms with van der Waals surface area (Å²) in [5.41, 5.74) is 0.424. The molecular weight excluding hydrogens is 398 g/mol. The standard InChI is InChI=1S/C8H17N2.CH3.Lr/c1-7-4-8(2,3)5-9-6-10-7;;/h9-10H,4-6H2,1-3H3;1H3;/q2*-1;. The van der Waals surface area contributed by atoms with Crippen LogP contribution in [0.2, 0.25) is 0 Å². The molecule has 1 rings (SSSR count). The summed E-state index contributed by atoms with van der Waals surface area (Å²) in [7, 11) is 0. The van der Waals surface area contributed by atoms with Gasteiger partial charge in [0.2, 0.25) is 0 Å². The van der Waals surface area contributed by atoms with E-state index in [1.54, 1.807) is 0 Å². The molecule has 1 aliphatic rings. The summed E-state index contributed by atoms with van der Waals surface area (Å²) in [5.74, 6) is 0. The molecule has 1 radical (unpaired) electrons. The predicted octanol–water partition coefficient (Wildman–Crippen LogP) is 1.56. The summed E-state index contributed by atoms with van der Waals surface area (Å²) in [6.45, 7) is 8.77. The Hall–Kier alpha value is -1.08. The van der Waals surface area contributed by atoms with Crippen LogP contribution in [0.25, 0.3) is 0 Å². The number of hydrogen-bond donors (Lipinski definition) is 2. The van der Waals surface area contributed by atoms with Crippen molar-refractivity contribution in [2.24, 2.45) is 5.41 Å². The second-order valence-corrected chi connectivity index (χ2v) is 3.90. The largest absolute Gasteiger partial charge is 0.455 e. The fraction of sp³-hybridized carbons (Fsp3) is 0.778. The summed E-state index contributed by atoms with van der Waals surface area (Å²) >= 11 is 0. The molecule has 1 saturated heterocycles. The third-order valence-corrected chi connectivity index (χ3v) is 1.86. The molecule has 1 fully saturated rings. The first-order chi connectivity index (χ1) is 4.60. The van der Waals surface area contributed by atoms with Gasteiger partial charge in [-0.2, -0.15) is 13.3 Å². The molecule has 0 bridgehead atoms. The molecule has 0 aromatic rings. The predicted molar refractivity (Wildman–Crippen MR) is 49.7 cm³/mol. The first kappa shape index (κ1) is 13.5. The van der Waals surface area contributed by atoms with E-state index in [2.05, 4.69) is 31.4 Å². The molecule has 0 unspecified atom stereocenters. The SMILES string of the molecule is C[C-]1CC(C)(C)CNCN1.[CH3-].[Lr]. The Morgan fingerprint density at radius 3 is 2.50 bits per heavy atom. The first-order valence-electron chi connectivity index (χ1n) is 3.87. The molecule has 0 atom stereocenters. The molecule has 0 saturated carbocycles. The molecule has 3 heteroatoms. The second-order valence-electron chi connectivity index (χ2n) is 3.90. The summed E-state index contributed by atoms with van der Waals surface area (Å²) in [4.78, 5) is 0. The van der Waals surface area contributed by atoms with Gasteiger partial charge in [-0.25, -0.2) is 0 Å². The molecule has 83 valence electrons. The van der Waals surface area contributed by atoms with Gasteiger partial charge < -0.3 is 18.1 Å². The fourth-order valence-electron chi connectivity index (χ4n) is 1.46. The Bertz CT molecular complexity index is 115. The van der Waals surface area contributed by atoms with Gasteiger partial charge >= 0.3 is 0 Å². The molecular formula is C9H20LrN2-2. The number of hydrogen-bond acceptors (Lipinski definition) is 2. The molecule has 2 nitrogen and oxygen atoms in total. The van der Waals surface area contributed by atoms with Gasteiger partial charge in [-0.15, -0.1) is 0 Å². The van der Waals surface area contributed by atoms with Crippen LogP contribution in [0.3, 0.4) is 0 Å². The molecule has 1 heterocycles. The van der Waals surface area contributed by atoms with Crippen molar-refractivity contribution in [2.75, 3.05) is 13.2 Å². The van der Waals surface area contributed by atoms with Crippen molar-refractivity contribution < 1.29 is 0 Å². The van der Waals surface area contributed by atoms with E-state index in [4.69, 9.17) is 0 Å². The zero-order chi connectivity index (χ0) is 7.61. The molecule has 0 aromatic heterocycles. The van der Waals surface area contributed by atoms with Crippen molar-refractivity contribution >= 4 is 0 Å². The Balaban J connectivity index is 0. The molecule has 12 heavy (non-hydrogen) atoms. The quantitative estimate of drug-likeness (QED) is 0.584. The fourth-order valence-corrected chi connectivity index (χ4v) is 1.46. The van der Waals surface area contributed by atoms with E-state index in [1.807, 2.05) is 0 Å². The van der Waals surface area contributed by atoms with Gasteiger partial charge in [0.25, 0.3) is 0 Å². The summed E-state index contributed by atoms with van der Waals surface area (Å²) < 4.78 is 0. The Morgan fingerprint density at radius 1 is 1.33 bits per heavy atom. The van der Waals surface area contributed by atoms with E-state index in [0.717, 1.165) is 13.2 Å². The van der Waals surface area contributed by atoms with Crippen LogP contribution in [0.15, 0.2) is 0 Å². The zero-order valence-corrected chi connectivity index (χ0v) is 10.5. The van der Waals surface area contributed by atoms with Crippen LogP contribution in [0.5, 0.6) is 0 Å². The molecule has 0 aromatic carbocycles. The van der Waals surface area contributed by atoms with Crippen LogP contribution in [0.4, 0.5) is 0 Å². The van der Waals surface area contributed by atoms with Crippen LogP contribution in [0.1, 0.15) is 27.2 Å². The van der Waals surface area contributed by atoms with Crippen LogP contribution in [-0.2, 0) is 0 Å². The topological polar surface area (TPSA) is 24.1 Å². The van der Waals surface area contributed by atoms with Crippen molar-refractivity contribution in [3.05, 3.63) is 13.5 Å². The molecule has 2 N–H and O–H groups in total. The average molecular weight is 418 g/mol. The minimum absolute atomic E-state index is 0. The first-order valence-corrected chi connectivity index (χ1v) is 3.87. The van der Waals surface area contributed by atoms with E-state index in [-0.39, 0.29) is 7.43 Å². The average Bonchev–Trinajstić information content (AvgIpc) is 1.90. The smallest absolute Gasteiger partial charge is 0.0185 e. The third-order valence-electron chi connectivity index (χ3n) is 1.86. The summed E-state index contributed by atoms with van der Waals surface area (Å²) in [6, 6.07) is 1.40. The minimum atomic E-state index is 0. The maximum absolute atomic E-state index is 3.34. The molecule has 0 spiro atoms. The van der Waals surface area contributed by atoms with Crippen molar-refractivity contribution in [3.63, 3.8) is 0 Å². The van der Waals surface area contributed by atoms with Gasteiger partial charge in [-0.3, -0.25) is 6.04 Å². The number of nitrogens with one attached hydrogen (secondary N) is 2. The molecule has 1 aliphatic heterocycles. The number of rotatable bonds is 0. The third kappa shape index (κ3) is 3.94. The minimum Gasteiger partial charge on any atom is -0.455 e. The van der Waals surface area contributed by atoms with Crippen LogP contribution in [-0.4, -0.2) is 13.2 Å². The van der Waals surface area contributed by atoms with E-state index >= 15 is 0 Å². The molecule has 0 aliphatic carbocycles. The van der Waals surface area contributed by atoms with E-state index in [9.17, 15) is 0 Å². The van der Waals surface area contributed by atoms with E-state index in [0.29, 0.717) is 5.41 Å². The van der Waals surface area contributed by atoms with E-state index < -0.39 is 0 Å². The van der Waals surface area contributed by atoms with Gasteiger partial charge in [-0.1, -0.05) is 13.8 Å². The normalized spacial score (nSPS) is 23.2. The van der Waals surface area contributed by atoms with Crippen LogP contribution < -0.4 is 10.6 Å². The van der Waals surface area contributed by atoms with E-state index in [1.165, 1.54) is 12.5 Å². The van der Waals surface area contributed by atoms with Crippen LogP contribution >= 0.6 is 0 Å². The van der Waals surface area contributed by atoms with Gasteiger partial charge in [0, 0.05) is 6.67 Å². The zero-order valence-electron chi connectivity index (χ0n) is 8.38. The summed E-state index contributed by atoms with van der Waals surface area (Å²) in [6.07, 6.45) is 1.18. The summed E-state index contributed by atoms with van der Waals surface area (Å²) in [5, 5.41) is 6.64. The Kier molecular flexibility index (Phi) is 5.32. The molecule has 0 amide bonds. The maximum atomic E-state index is 3.34. The maximum Gasteiger partial charge on any atom is 0.0185 e. The Morgan fingerprint density at radius 2 is 1.92 bits per heavy atom. The van der Waals surface area contributed by atoms with Gasteiger partial charge in [0.05, 0.1) is 0 Å². The van der Waals surface area contributed by atoms with Crippen LogP contribution in [0, 0.1) is 18.9 Å². The van der Waals surface area contributed by atoms with Crippen molar-refractivity contribution in [1.29, 1.82) is 0 Å². The Labute approximate surface area is 70.8 Å². The van der Waals surface area contributed by atoms with Gasteiger partial charge in [-0.05, 0) is 12.0 Å². The second kappa shape index (κ2) is 4.73. The van der Waals surface area contributed by atoms with Crippen molar-refractivity contribution in [1.82, 2.24) is 10.6 Å². The monoisotopic (exact) mass is 418 g/mol. The van der Waals surface area contributed by atoms with Crippen molar-refractivity contribution in [3.8, 4) is 0 Å².